The first-order chi connectivity index (χ1) is 7.29. The molecular weight excluding hydrogens is 200 g/mol. The van der Waals surface area contributed by atoms with Gasteiger partial charge in [-0.2, -0.15) is 0 Å². The molecule has 0 amide bonds. The van der Waals surface area contributed by atoms with E-state index in [0.717, 1.165) is 12.8 Å². The van der Waals surface area contributed by atoms with Gasteiger partial charge in [-0.15, -0.1) is 0 Å². The molecule has 1 rings (SSSR count). The van der Waals surface area contributed by atoms with Gasteiger partial charge in [0.2, 0.25) is 0 Å². The molecule has 0 fully saturated rings. The largest absolute Gasteiger partial charge is 0.0890 e. The van der Waals surface area contributed by atoms with E-state index in [1.54, 1.807) is 0 Å². The molecular formula is C14H20S. The first-order valence-electron chi connectivity index (χ1n) is 5.87. The summed E-state index contributed by atoms with van der Waals surface area (Å²) in [4.78, 5) is 1.23. The van der Waals surface area contributed by atoms with E-state index in [4.69, 9.17) is 12.2 Å². The molecule has 0 bridgehead atoms. The summed E-state index contributed by atoms with van der Waals surface area (Å²) in [5, 5.41) is 0. The van der Waals surface area contributed by atoms with Crippen molar-refractivity contribution in [1.29, 1.82) is 0 Å². The average Bonchev–Trinajstić information content (AvgIpc) is 2.27. The number of thiocarbonyl (C=S) groups is 1. The van der Waals surface area contributed by atoms with Crippen LogP contribution in [0.5, 0.6) is 0 Å². The van der Waals surface area contributed by atoms with Crippen molar-refractivity contribution in [1.82, 2.24) is 0 Å². The molecule has 0 aliphatic heterocycles. The van der Waals surface area contributed by atoms with Gasteiger partial charge >= 0.3 is 0 Å². The van der Waals surface area contributed by atoms with E-state index in [-0.39, 0.29) is 0 Å². The van der Waals surface area contributed by atoms with Gasteiger partial charge in [-0.05, 0) is 18.4 Å². The molecule has 0 heterocycles. The lowest BCUT2D eigenvalue weighted by Gasteiger charge is -2.17. The Kier molecular flexibility index (Phi) is 5.56. The standard InChI is InChI=1S/C14H20S/c1-3-8-13(14(15)9-4-2)12-10-6-5-7-11-12/h5-7,10-11,13H,3-4,8-9H2,1-2H3. The minimum absolute atomic E-state index is 0.492. The Morgan fingerprint density at radius 1 is 1.13 bits per heavy atom. The summed E-state index contributed by atoms with van der Waals surface area (Å²) in [5.74, 6) is 0.492. The molecule has 0 saturated carbocycles. The van der Waals surface area contributed by atoms with Gasteiger partial charge in [0.25, 0.3) is 0 Å². The smallest absolute Gasteiger partial charge is 0.0153 e. The Morgan fingerprint density at radius 2 is 1.80 bits per heavy atom. The van der Waals surface area contributed by atoms with Crippen LogP contribution in [0.4, 0.5) is 0 Å². The lowest BCUT2D eigenvalue weighted by atomic mass is 9.89. The summed E-state index contributed by atoms with van der Waals surface area (Å²) >= 11 is 5.52. The molecule has 1 aromatic rings. The van der Waals surface area contributed by atoms with Gasteiger partial charge in [-0.1, -0.05) is 69.2 Å². The van der Waals surface area contributed by atoms with Crippen LogP contribution in [0.25, 0.3) is 0 Å². The SMILES string of the molecule is CCCC(=S)C(CCC)c1ccccc1. The fourth-order valence-electron chi connectivity index (χ4n) is 1.91. The molecule has 1 heteroatoms. The minimum Gasteiger partial charge on any atom is -0.0890 e. The number of hydrogen-bond donors (Lipinski definition) is 0. The van der Waals surface area contributed by atoms with E-state index in [1.807, 2.05) is 0 Å². The highest BCUT2D eigenvalue weighted by atomic mass is 32.1. The maximum Gasteiger partial charge on any atom is 0.0153 e. The second-order valence-corrected chi connectivity index (χ2v) is 4.49. The number of rotatable bonds is 6. The van der Waals surface area contributed by atoms with Crippen molar-refractivity contribution in [2.45, 2.75) is 45.4 Å². The zero-order chi connectivity index (χ0) is 11.1. The Morgan fingerprint density at radius 3 is 2.33 bits per heavy atom. The van der Waals surface area contributed by atoms with Crippen LogP contribution in [-0.2, 0) is 0 Å². The van der Waals surface area contributed by atoms with Crippen LogP contribution in [0, 0.1) is 0 Å². The molecule has 0 aliphatic rings. The number of benzene rings is 1. The Bertz CT molecular complexity index is 289. The van der Waals surface area contributed by atoms with Gasteiger partial charge < -0.3 is 0 Å². The van der Waals surface area contributed by atoms with Crippen LogP contribution in [0.1, 0.15) is 51.0 Å². The zero-order valence-corrected chi connectivity index (χ0v) is 10.5. The van der Waals surface area contributed by atoms with E-state index < -0.39 is 0 Å². The topological polar surface area (TPSA) is 0 Å². The lowest BCUT2D eigenvalue weighted by Crippen LogP contribution is -2.09. The van der Waals surface area contributed by atoms with E-state index in [9.17, 15) is 0 Å². The van der Waals surface area contributed by atoms with Crippen molar-refractivity contribution < 1.29 is 0 Å². The predicted molar refractivity (Wildman–Crippen MR) is 71.6 cm³/mol. The van der Waals surface area contributed by atoms with Gasteiger partial charge in [-0.25, -0.2) is 0 Å². The third kappa shape index (κ3) is 3.75. The first kappa shape index (κ1) is 12.4. The molecule has 1 atom stereocenters. The second kappa shape index (κ2) is 6.73. The highest BCUT2D eigenvalue weighted by Crippen LogP contribution is 2.25. The van der Waals surface area contributed by atoms with Crippen molar-refractivity contribution in [3.8, 4) is 0 Å². The molecule has 1 unspecified atom stereocenters. The summed E-state index contributed by atoms with van der Waals surface area (Å²) < 4.78 is 0. The van der Waals surface area contributed by atoms with Gasteiger partial charge in [-0.3, -0.25) is 0 Å². The molecule has 0 saturated heterocycles. The normalized spacial score (nSPS) is 12.4. The van der Waals surface area contributed by atoms with E-state index in [2.05, 4.69) is 44.2 Å². The van der Waals surface area contributed by atoms with Crippen LogP contribution < -0.4 is 0 Å². The molecule has 0 nitrogen and oxygen atoms in total. The molecule has 0 radical (unpaired) electrons. The van der Waals surface area contributed by atoms with E-state index in [1.165, 1.54) is 23.3 Å². The highest BCUT2D eigenvalue weighted by Gasteiger charge is 2.14. The monoisotopic (exact) mass is 220 g/mol. The van der Waals surface area contributed by atoms with Crippen molar-refractivity contribution in [2.24, 2.45) is 0 Å². The Hall–Kier alpha value is -0.690. The maximum absolute atomic E-state index is 5.52. The third-order valence-corrected chi connectivity index (χ3v) is 3.15. The van der Waals surface area contributed by atoms with Crippen LogP contribution in [0.2, 0.25) is 0 Å². The second-order valence-electron chi connectivity index (χ2n) is 3.97. The Labute approximate surface area is 98.7 Å². The molecule has 0 aliphatic carbocycles. The molecule has 0 spiro atoms. The number of hydrogen-bond acceptors (Lipinski definition) is 1. The van der Waals surface area contributed by atoms with Crippen LogP contribution in [-0.4, -0.2) is 4.86 Å². The molecule has 15 heavy (non-hydrogen) atoms. The average molecular weight is 220 g/mol. The van der Waals surface area contributed by atoms with Crippen molar-refractivity contribution in [3.63, 3.8) is 0 Å². The maximum atomic E-state index is 5.52. The Balaban J connectivity index is 2.78. The van der Waals surface area contributed by atoms with E-state index in [0.29, 0.717) is 5.92 Å². The van der Waals surface area contributed by atoms with Crippen LogP contribution in [0.15, 0.2) is 30.3 Å². The summed E-state index contributed by atoms with van der Waals surface area (Å²) in [5.41, 5.74) is 1.39. The summed E-state index contributed by atoms with van der Waals surface area (Å²) in [6.45, 7) is 4.42. The summed E-state index contributed by atoms with van der Waals surface area (Å²) in [7, 11) is 0. The van der Waals surface area contributed by atoms with Gasteiger partial charge in [0, 0.05) is 10.8 Å². The van der Waals surface area contributed by atoms with Gasteiger partial charge in [0.15, 0.2) is 0 Å². The summed E-state index contributed by atoms with van der Waals surface area (Å²) in [6, 6.07) is 10.7. The fourth-order valence-corrected chi connectivity index (χ4v) is 2.37. The van der Waals surface area contributed by atoms with Crippen molar-refractivity contribution >= 4 is 17.1 Å². The van der Waals surface area contributed by atoms with Crippen LogP contribution in [0.3, 0.4) is 0 Å². The molecule has 0 aromatic heterocycles. The predicted octanol–water partition coefficient (Wildman–Crippen LogP) is 4.74. The lowest BCUT2D eigenvalue weighted by molar-refractivity contribution is 0.737. The third-order valence-electron chi connectivity index (χ3n) is 2.66. The highest BCUT2D eigenvalue weighted by molar-refractivity contribution is 7.80. The van der Waals surface area contributed by atoms with E-state index >= 15 is 0 Å². The zero-order valence-electron chi connectivity index (χ0n) is 9.70. The molecule has 1 aromatic carbocycles. The summed E-state index contributed by atoms with van der Waals surface area (Å²) in [6.07, 6.45) is 4.62. The first-order valence-corrected chi connectivity index (χ1v) is 6.28. The van der Waals surface area contributed by atoms with Crippen molar-refractivity contribution in [2.75, 3.05) is 0 Å². The van der Waals surface area contributed by atoms with Crippen LogP contribution >= 0.6 is 12.2 Å². The fraction of sp³-hybridized carbons (Fsp3) is 0.500. The molecule has 0 N–H and O–H groups in total. The quantitative estimate of drug-likeness (QED) is 0.624. The molecule has 82 valence electrons. The van der Waals surface area contributed by atoms with Gasteiger partial charge in [0.05, 0.1) is 0 Å². The minimum atomic E-state index is 0.492. The van der Waals surface area contributed by atoms with Crippen molar-refractivity contribution in [3.05, 3.63) is 35.9 Å². The van der Waals surface area contributed by atoms with Gasteiger partial charge in [0.1, 0.15) is 0 Å².